The molecule has 0 spiro atoms. The van der Waals surface area contributed by atoms with Crippen LogP contribution < -0.4 is 15.8 Å². The Labute approximate surface area is 137 Å². The maximum absolute atomic E-state index is 5.91. The molecule has 0 fully saturated rings. The van der Waals surface area contributed by atoms with Crippen LogP contribution in [0.2, 0.25) is 0 Å². The van der Waals surface area contributed by atoms with E-state index in [1.54, 1.807) is 0 Å². The summed E-state index contributed by atoms with van der Waals surface area (Å²) in [5.41, 5.74) is 8.78. The van der Waals surface area contributed by atoms with E-state index in [-0.39, 0.29) is 6.10 Å². The van der Waals surface area contributed by atoms with E-state index in [0.717, 1.165) is 34.4 Å². The quantitative estimate of drug-likeness (QED) is 0.817. The number of nitrogens with two attached hydrogens (primary N) is 1. The maximum Gasteiger partial charge on any atom is 0.123 e. The zero-order chi connectivity index (χ0) is 14.8. The van der Waals surface area contributed by atoms with E-state index < -0.39 is 0 Å². The molecule has 21 heavy (non-hydrogen) atoms. The van der Waals surface area contributed by atoms with Gasteiger partial charge in [0.15, 0.2) is 0 Å². The smallest absolute Gasteiger partial charge is 0.123 e. The zero-order valence-corrected chi connectivity index (χ0v) is 13.7. The van der Waals surface area contributed by atoms with E-state index in [1.165, 1.54) is 5.56 Å². The predicted octanol–water partition coefficient (Wildman–Crippen LogP) is 3.50. The normalized spacial score (nSPS) is 16.1. The Balaban J connectivity index is 1.62. The summed E-state index contributed by atoms with van der Waals surface area (Å²) in [5.74, 6) is 0.995. The lowest BCUT2D eigenvalue weighted by Crippen LogP contribution is -2.24. The number of rotatable bonds is 4. The van der Waals surface area contributed by atoms with Crippen LogP contribution in [0.3, 0.4) is 0 Å². The Kier molecular flexibility index (Phi) is 4.12. The van der Waals surface area contributed by atoms with E-state index in [2.05, 4.69) is 27.3 Å². The number of anilines is 1. The summed E-state index contributed by atoms with van der Waals surface area (Å²) in [6.45, 7) is 0.757. The summed E-state index contributed by atoms with van der Waals surface area (Å²) >= 11 is 8.48. The highest BCUT2D eigenvalue weighted by atomic mass is 79.9. The first-order chi connectivity index (χ1) is 10.1. The van der Waals surface area contributed by atoms with Gasteiger partial charge in [0.2, 0.25) is 0 Å². The molecule has 1 unspecified atom stereocenters. The van der Waals surface area contributed by atoms with Crippen molar-refractivity contribution in [2.24, 2.45) is 5.73 Å². The van der Waals surface area contributed by atoms with Crippen molar-refractivity contribution in [3.63, 3.8) is 0 Å². The molecule has 5 heteroatoms. The molecule has 0 aliphatic carbocycles. The minimum absolute atomic E-state index is 0.163. The molecule has 0 aromatic heterocycles. The average molecular weight is 363 g/mol. The van der Waals surface area contributed by atoms with Crippen molar-refractivity contribution >= 4 is 38.8 Å². The summed E-state index contributed by atoms with van der Waals surface area (Å²) in [4.78, 5) is 0.392. The Bertz CT molecular complexity index is 665. The van der Waals surface area contributed by atoms with Gasteiger partial charge in [-0.2, -0.15) is 0 Å². The summed E-state index contributed by atoms with van der Waals surface area (Å²) in [7, 11) is 0. The summed E-state index contributed by atoms with van der Waals surface area (Å²) < 4.78 is 6.80. The van der Waals surface area contributed by atoms with Crippen LogP contribution >= 0.6 is 28.1 Å². The molecule has 2 aromatic rings. The van der Waals surface area contributed by atoms with Gasteiger partial charge in [0.05, 0.1) is 6.54 Å². The van der Waals surface area contributed by atoms with Crippen molar-refractivity contribution in [3.05, 3.63) is 58.1 Å². The molecule has 1 aliphatic heterocycles. The number of benzene rings is 2. The van der Waals surface area contributed by atoms with Crippen LogP contribution in [0.15, 0.2) is 46.9 Å². The van der Waals surface area contributed by atoms with Gasteiger partial charge >= 0.3 is 0 Å². The highest BCUT2D eigenvalue weighted by Gasteiger charge is 2.21. The molecule has 3 nitrogen and oxygen atoms in total. The Morgan fingerprint density at radius 2 is 2.14 bits per heavy atom. The van der Waals surface area contributed by atoms with Gasteiger partial charge in [-0.1, -0.05) is 30.4 Å². The molecule has 1 atom stereocenters. The molecule has 3 N–H and O–H groups in total. The van der Waals surface area contributed by atoms with Crippen molar-refractivity contribution in [1.29, 1.82) is 0 Å². The van der Waals surface area contributed by atoms with E-state index >= 15 is 0 Å². The number of hydrogen-bond donors (Lipinski definition) is 2. The van der Waals surface area contributed by atoms with Gasteiger partial charge in [-0.05, 0) is 45.8 Å². The van der Waals surface area contributed by atoms with Gasteiger partial charge in [0.1, 0.15) is 16.8 Å². The second-order valence-corrected chi connectivity index (χ2v) is 6.29. The number of hydrogen-bond acceptors (Lipinski definition) is 3. The van der Waals surface area contributed by atoms with E-state index in [9.17, 15) is 0 Å². The van der Waals surface area contributed by atoms with Crippen LogP contribution in [-0.4, -0.2) is 17.6 Å². The molecule has 108 valence electrons. The van der Waals surface area contributed by atoms with Crippen LogP contribution in [0.25, 0.3) is 0 Å². The van der Waals surface area contributed by atoms with E-state index in [4.69, 9.17) is 22.7 Å². The molecule has 0 bridgehead atoms. The number of para-hydroxylation sites is 1. The molecular weight excluding hydrogens is 348 g/mol. The largest absolute Gasteiger partial charge is 0.488 e. The summed E-state index contributed by atoms with van der Waals surface area (Å²) in [6.07, 6.45) is 1.10. The fourth-order valence-electron chi connectivity index (χ4n) is 2.42. The highest BCUT2D eigenvalue weighted by molar-refractivity contribution is 9.10. The number of thiocarbonyl (C=S) groups is 1. The van der Waals surface area contributed by atoms with Crippen LogP contribution in [0, 0.1) is 0 Å². The van der Waals surface area contributed by atoms with Crippen LogP contribution in [0.5, 0.6) is 5.75 Å². The minimum atomic E-state index is 0.163. The lowest BCUT2D eigenvalue weighted by Gasteiger charge is -2.14. The highest BCUT2D eigenvalue weighted by Crippen LogP contribution is 2.28. The first kappa shape index (κ1) is 14.4. The summed E-state index contributed by atoms with van der Waals surface area (Å²) in [6, 6.07) is 14.0. The molecule has 2 aromatic carbocycles. The van der Waals surface area contributed by atoms with Crippen molar-refractivity contribution in [3.8, 4) is 5.75 Å². The van der Waals surface area contributed by atoms with Gasteiger partial charge in [0, 0.05) is 22.1 Å². The fraction of sp³-hybridized carbons (Fsp3) is 0.188. The van der Waals surface area contributed by atoms with Crippen LogP contribution in [-0.2, 0) is 6.42 Å². The maximum atomic E-state index is 5.91. The molecule has 1 heterocycles. The van der Waals surface area contributed by atoms with Crippen molar-refractivity contribution in [2.75, 3.05) is 11.9 Å². The van der Waals surface area contributed by atoms with Crippen molar-refractivity contribution in [2.45, 2.75) is 12.5 Å². The molecule has 0 radical (unpaired) electrons. The van der Waals surface area contributed by atoms with Crippen molar-refractivity contribution < 1.29 is 4.74 Å². The minimum Gasteiger partial charge on any atom is -0.488 e. The molecule has 3 rings (SSSR count). The second kappa shape index (κ2) is 6.03. The SMILES string of the molecule is NC(=S)c1ccc(NCC2Cc3ccccc3O2)cc1Br. The molecule has 0 saturated carbocycles. The number of fused-ring (bicyclic) bond motifs is 1. The number of nitrogens with one attached hydrogen (secondary N) is 1. The molecular formula is C16H15BrN2OS. The topological polar surface area (TPSA) is 47.3 Å². The van der Waals surface area contributed by atoms with E-state index in [1.807, 2.05) is 36.4 Å². The lowest BCUT2D eigenvalue weighted by molar-refractivity contribution is 0.246. The standard InChI is InChI=1S/C16H15BrN2OS/c17-14-8-11(5-6-13(14)16(18)21)19-9-12-7-10-3-1-2-4-15(10)20-12/h1-6,8,12,19H,7,9H2,(H2,18,21). The zero-order valence-electron chi connectivity index (χ0n) is 11.3. The summed E-state index contributed by atoms with van der Waals surface area (Å²) in [5, 5.41) is 3.39. The van der Waals surface area contributed by atoms with Crippen LogP contribution in [0.1, 0.15) is 11.1 Å². The van der Waals surface area contributed by atoms with Gasteiger partial charge in [-0.3, -0.25) is 0 Å². The van der Waals surface area contributed by atoms with Gasteiger partial charge in [-0.15, -0.1) is 0 Å². The molecule has 0 amide bonds. The molecule has 1 aliphatic rings. The Morgan fingerprint density at radius 1 is 1.33 bits per heavy atom. The average Bonchev–Trinajstić information content (AvgIpc) is 2.87. The Morgan fingerprint density at radius 3 is 2.86 bits per heavy atom. The van der Waals surface area contributed by atoms with Crippen molar-refractivity contribution in [1.82, 2.24) is 0 Å². The van der Waals surface area contributed by atoms with Gasteiger partial charge < -0.3 is 15.8 Å². The van der Waals surface area contributed by atoms with Crippen LogP contribution in [0.4, 0.5) is 5.69 Å². The number of ether oxygens (including phenoxy) is 1. The lowest BCUT2D eigenvalue weighted by atomic mass is 10.1. The van der Waals surface area contributed by atoms with Gasteiger partial charge in [-0.25, -0.2) is 0 Å². The first-order valence-electron chi connectivity index (χ1n) is 6.71. The third-order valence-electron chi connectivity index (χ3n) is 3.48. The third kappa shape index (κ3) is 3.19. The monoisotopic (exact) mass is 362 g/mol. The van der Waals surface area contributed by atoms with Gasteiger partial charge in [0.25, 0.3) is 0 Å². The molecule has 0 saturated heterocycles. The third-order valence-corrected chi connectivity index (χ3v) is 4.36. The fourth-order valence-corrected chi connectivity index (χ4v) is 3.33. The predicted molar refractivity (Wildman–Crippen MR) is 93.1 cm³/mol. The first-order valence-corrected chi connectivity index (χ1v) is 7.91. The Hall–Kier alpha value is -1.59. The second-order valence-electron chi connectivity index (χ2n) is 4.99. The number of halogens is 1. The van der Waals surface area contributed by atoms with E-state index in [0.29, 0.717) is 4.99 Å².